The Kier molecular flexibility index (Phi) is 19.9. The topological polar surface area (TPSA) is 142 Å². The van der Waals surface area contributed by atoms with Crippen molar-refractivity contribution in [1.29, 1.82) is 0 Å². The zero-order chi connectivity index (χ0) is 39.8. The van der Waals surface area contributed by atoms with Crippen molar-refractivity contribution in [3.8, 4) is 11.5 Å². The molecule has 0 saturated heterocycles. The average Bonchev–Trinajstić information content (AvgIpc) is 3.10. The van der Waals surface area contributed by atoms with Crippen LogP contribution in [0.25, 0.3) is 0 Å². The summed E-state index contributed by atoms with van der Waals surface area (Å²) in [6.07, 6.45) is 0. The Hall–Kier alpha value is -2.13. The van der Waals surface area contributed by atoms with Gasteiger partial charge in [-0.05, 0) is 73.5 Å². The number of non-ortho nitro benzene ring substituents is 2. The van der Waals surface area contributed by atoms with E-state index >= 15 is 0 Å². The number of hydrogen-bond donors (Lipinski definition) is 0. The van der Waals surface area contributed by atoms with Gasteiger partial charge >= 0.3 is 13.4 Å². The zero-order valence-corrected chi connectivity index (χ0v) is 35.5. The van der Waals surface area contributed by atoms with Gasteiger partial charge in [-0.1, -0.05) is 82.3 Å². The first kappa shape index (κ1) is 47.0. The summed E-state index contributed by atoms with van der Waals surface area (Å²) in [4.78, 5) is 19.9. The minimum absolute atomic E-state index is 0.0107. The first-order valence-electron chi connectivity index (χ1n) is 15.0. The molecule has 0 bridgehead atoms. The number of rotatable bonds is 14. The minimum atomic E-state index is -2.82. The Morgan fingerprint density at radius 2 is 0.943 bits per heavy atom. The van der Waals surface area contributed by atoms with E-state index in [1.54, 1.807) is 38.1 Å². The fraction of sp³-hybridized carbons (Fsp3) is 0.250. The highest BCUT2D eigenvalue weighted by Crippen LogP contribution is 2.50. The second-order valence-corrected chi connectivity index (χ2v) is 19.2. The van der Waals surface area contributed by atoms with E-state index in [-0.39, 0.29) is 17.3 Å². The minimum Gasteiger partial charge on any atom is -0.424 e. The van der Waals surface area contributed by atoms with E-state index in [0.29, 0.717) is 34.8 Å². The highest BCUT2D eigenvalue weighted by molar-refractivity contribution is 8.08. The lowest BCUT2D eigenvalue weighted by Gasteiger charge is -2.25. The van der Waals surface area contributed by atoms with Gasteiger partial charge in [0.05, 0.1) is 29.0 Å². The van der Waals surface area contributed by atoms with Crippen molar-refractivity contribution in [2.45, 2.75) is 23.6 Å². The van der Waals surface area contributed by atoms with Crippen LogP contribution in [0.4, 0.5) is 11.4 Å². The third-order valence-corrected chi connectivity index (χ3v) is 12.3. The molecule has 4 aromatic rings. The normalized spacial score (nSPS) is 11.4. The Morgan fingerprint density at radius 3 is 1.21 bits per heavy atom. The molecule has 4 aromatic carbocycles. The van der Waals surface area contributed by atoms with Crippen molar-refractivity contribution in [1.82, 2.24) is 0 Å². The molecule has 0 unspecified atom stereocenters. The van der Waals surface area contributed by atoms with Gasteiger partial charge in [0.1, 0.15) is 11.5 Å². The maximum atomic E-state index is 10.5. The van der Waals surface area contributed by atoms with Crippen LogP contribution in [0, 0.1) is 20.2 Å². The second kappa shape index (κ2) is 22.4. The average molecular weight is 909 g/mol. The number of nitro groups is 2. The van der Waals surface area contributed by atoms with Crippen LogP contribution in [0.2, 0.25) is 10.0 Å². The standard InChI is InChI=1S/C14H9Cl5.C10H14NO5PS.C8H10NO5PS/c15-11-5-1-9(2-6-11)13(14(17,18)19)10-3-7-12(16)8-4-10;1-3-14-17(18,15-4-2)16-10-7-5-9(6-8-10)11(12)13;1-12-15(16,13-2)14-8-5-3-7(4-6-8)9(10)11/h1-8,13H;5-8H,3-4H2,1-2H3;3-6H,1-2H3. The highest BCUT2D eigenvalue weighted by atomic mass is 35.6. The third kappa shape index (κ3) is 16.2. The van der Waals surface area contributed by atoms with Crippen LogP contribution in [-0.2, 0) is 41.7 Å². The maximum Gasteiger partial charge on any atom is 0.380 e. The summed E-state index contributed by atoms with van der Waals surface area (Å²) < 4.78 is 29.7. The summed E-state index contributed by atoms with van der Waals surface area (Å²) >= 11 is 40.3. The van der Waals surface area contributed by atoms with Gasteiger partial charge in [0, 0.05) is 72.1 Å². The molecule has 0 amide bonds. The highest BCUT2D eigenvalue weighted by Gasteiger charge is 2.35. The van der Waals surface area contributed by atoms with Gasteiger partial charge in [-0.2, -0.15) is 0 Å². The molecule has 12 nitrogen and oxygen atoms in total. The number of hydrogen-bond acceptors (Lipinski definition) is 12. The summed E-state index contributed by atoms with van der Waals surface area (Å²) in [6.45, 7) is -1.25. The first-order valence-corrected chi connectivity index (χ1v) is 22.0. The lowest BCUT2D eigenvalue weighted by Crippen LogP contribution is -2.18. The van der Waals surface area contributed by atoms with Crippen molar-refractivity contribution in [2.75, 3.05) is 27.4 Å². The smallest absolute Gasteiger partial charge is 0.380 e. The zero-order valence-electron chi connectivity index (χ0n) is 28.3. The molecule has 0 radical (unpaired) electrons. The van der Waals surface area contributed by atoms with Crippen molar-refractivity contribution in [3.05, 3.63) is 138 Å². The van der Waals surface area contributed by atoms with E-state index < -0.39 is 27.1 Å². The fourth-order valence-electron chi connectivity index (χ4n) is 3.95. The number of alkyl halides is 3. The molecule has 288 valence electrons. The maximum absolute atomic E-state index is 10.5. The van der Waals surface area contributed by atoms with Crippen molar-refractivity contribution >= 4 is 106 Å². The molecule has 4 rings (SSSR count). The molecular weight excluding hydrogens is 876 g/mol. The fourth-order valence-corrected chi connectivity index (χ4v) is 7.98. The van der Waals surface area contributed by atoms with E-state index in [2.05, 4.69) is 0 Å². The van der Waals surface area contributed by atoms with Gasteiger partial charge in [-0.15, -0.1) is 0 Å². The van der Waals surface area contributed by atoms with Gasteiger partial charge in [0.25, 0.3) is 11.4 Å². The summed E-state index contributed by atoms with van der Waals surface area (Å²) in [7, 11) is 2.77. The predicted molar refractivity (Wildman–Crippen MR) is 218 cm³/mol. The predicted octanol–water partition coefficient (Wildman–Crippen LogP) is 12.3. The van der Waals surface area contributed by atoms with Gasteiger partial charge < -0.3 is 18.1 Å². The molecule has 0 aliphatic heterocycles. The molecule has 0 N–H and O–H groups in total. The van der Waals surface area contributed by atoms with Crippen LogP contribution in [-0.4, -0.2) is 41.1 Å². The quantitative estimate of drug-likeness (QED) is 0.0514. The molecule has 21 heteroatoms. The third-order valence-electron chi connectivity index (χ3n) is 6.29. The van der Waals surface area contributed by atoms with E-state index in [9.17, 15) is 20.2 Å². The molecule has 53 heavy (non-hydrogen) atoms. The largest absolute Gasteiger partial charge is 0.424 e. The Bertz CT molecular complexity index is 1790. The first-order chi connectivity index (χ1) is 24.9. The van der Waals surface area contributed by atoms with Gasteiger partial charge in [0.15, 0.2) is 0 Å². The van der Waals surface area contributed by atoms with Crippen LogP contribution in [0.3, 0.4) is 0 Å². The van der Waals surface area contributed by atoms with E-state index in [4.69, 9.17) is 109 Å². The number of nitrogens with zero attached hydrogens (tertiary/aromatic N) is 2. The number of halogens is 5. The molecule has 0 aliphatic rings. The molecule has 0 fully saturated rings. The molecule has 0 aliphatic carbocycles. The van der Waals surface area contributed by atoms with Crippen LogP contribution in [0.5, 0.6) is 11.5 Å². The van der Waals surface area contributed by atoms with Crippen LogP contribution >= 0.6 is 71.4 Å². The Balaban J connectivity index is 0.000000276. The summed E-state index contributed by atoms with van der Waals surface area (Å²) in [5, 5.41) is 22.2. The van der Waals surface area contributed by atoms with E-state index in [1.165, 1.54) is 62.8 Å². The van der Waals surface area contributed by atoms with Crippen LogP contribution < -0.4 is 9.05 Å². The van der Waals surface area contributed by atoms with Crippen LogP contribution in [0.15, 0.2) is 97.1 Å². The number of nitro benzene ring substituents is 2. The Labute approximate surface area is 342 Å². The van der Waals surface area contributed by atoms with Gasteiger partial charge in [-0.3, -0.25) is 29.3 Å². The monoisotopic (exact) mass is 906 g/mol. The SMILES string of the molecule is CCOP(=S)(OCC)Oc1ccc([N+](=O)[O-])cc1.COP(=S)(OC)Oc1ccc([N+](=O)[O-])cc1.Clc1ccc(C(c2ccc(Cl)cc2)C(Cl)(Cl)Cl)cc1. The number of benzene rings is 4. The molecule has 0 aromatic heterocycles. The molecule has 0 atom stereocenters. The van der Waals surface area contributed by atoms with E-state index in [0.717, 1.165) is 11.1 Å². The van der Waals surface area contributed by atoms with Crippen LogP contribution in [0.1, 0.15) is 30.9 Å². The van der Waals surface area contributed by atoms with Crippen molar-refractivity contribution < 1.29 is 37.0 Å². The second-order valence-electron chi connectivity index (χ2n) is 9.86. The molecular formula is C32H33Cl5N2O10P2S2. The Morgan fingerprint density at radius 1 is 0.623 bits per heavy atom. The molecule has 0 spiro atoms. The summed E-state index contributed by atoms with van der Waals surface area (Å²) in [5.41, 5.74) is 1.73. The lowest BCUT2D eigenvalue weighted by atomic mass is 9.92. The lowest BCUT2D eigenvalue weighted by molar-refractivity contribution is -0.385. The van der Waals surface area contributed by atoms with Crippen molar-refractivity contribution in [2.24, 2.45) is 0 Å². The molecule has 0 saturated carbocycles. The van der Waals surface area contributed by atoms with Crippen molar-refractivity contribution in [3.63, 3.8) is 0 Å². The molecule has 0 heterocycles. The summed E-state index contributed by atoms with van der Waals surface area (Å²) in [5.74, 6) is 0.385. The van der Waals surface area contributed by atoms with Gasteiger partial charge in [0.2, 0.25) is 3.79 Å². The van der Waals surface area contributed by atoms with Gasteiger partial charge in [-0.25, -0.2) is 0 Å². The van der Waals surface area contributed by atoms with E-state index in [1.807, 2.05) is 24.3 Å². The summed E-state index contributed by atoms with van der Waals surface area (Å²) in [6, 6.07) is 25.6.